The van der Waals surface area contributed by atoms with Gasteiger partial charge in [-0.3, -0.25) is 0 Å². The first-order valence-electron chi connectivity index (χ1n) is 3.98. The van der Waals surface area contributed by atoms with E-state index in [0.29, 0.717) is 12.8 Å². The van der Waals surface area contributed by atoms with Crippen molar-refractivity contribution < 1.29 is 10.2 Å². The van der Waals surface area contributed by atoms with Crippen LogP contribution in [0.15, 0.2) is 0 Å². The summed E-state index contributed by atoms with van der Waals surface area (Å²) >= 11 is 8.70. The van der Waals surface area contributed by atoms with Crippen molar-refractivity contribution >= 4 is 34.5 Å². The Kier molecular flexibility index (Phi) is 12.9. The number of hydrogen-bond acceptors (Lipinski definition) is 2. The van der Waals surface area contributed by atoms with Crippen LogP contribution in [0.1, 0.15) is 39.5 Å². The fourth-order valence-electron chi connectivity index (χ4n) is 0.428. The largest absolute Gasteiger partial charge is 0.502 e. The van der Waals surface area contributed by atoms with E-state index in [-0.39, 0.29) is 10.1 Å². The van der Waals surface area contributed by atoms with Crippen molar-refractivity contribution in [2.24, 2.45) is 0 Å². The highest BCUT2D eigenvalue weighted by Crippen LogP contribution is 1.85. The quantitative estimate of drug-likeness (QED) is 0.695. The van der Waals surface area contributed by atoms with Gasteiger partial charge < -0.3 is 10.2 Å². The maximum atomic E-state index is 8.28. The van der Waals surface area contributed by atoms with Crippen LogP contribution in [0.3, 0.4) is 0 Å². The lowest BCUT2D eigenvalue weighted by Crippen LogP contribution is -1.86. The third kappa shape index (κ3) is 22.6. The van der Waals surface area contributed by atoms with Crippen LogP contribution in [0.4, 0.5) is 0 Å². The highest BCUT2D eigenvalue weighted by Gasteiger charge is 1.82. The van der Waals surface area contributed by atoms with Gasteiger partial charge in [-0.15, -0.1) is 0 Å². The summed E-state index contributed by atoms with van der Waals surface area (Å²) in [6.45, 7) is 3.95. The minimum Gasteiger partial charge on any atom is -0.502 e. The van der Waals surface area contributed by atoms with Gasteiger partial charge in [0.25, 0.3) is 0 Å². The highest BCUT2D eigenvalue weighted by molar-refractivity contribution is 7.80. The second-order valence-corrected chi connectivity index (χ2v) is 3.23. The van der Waals surface area contributed by atoms with Crippen LogP contribution in [-0.4, -0.2) is 20.3 Å². The summed E-state index contributed by atoms with van der Waals surface area (Å²) in [5, 5.41) is 16.8. The first kappa shape index (κ1) is 14.3. The molecule has 0 aromatic heterocycles. The number of aliphatic hydroxyl groups is 2. The molecule has 0 aliphatic rings. The molecule has 2 nitrogen and oxygen atoms in total. The van der Waals surface area contributed by atoms with E-state index in [2.05, 4.69) is 24.4 Å². The van der Waals surface area contributed by atoms with Crippen LogP contribution in [0.2, 0.25) is 0 Å². The van der Waals surface area contributed by atoms with E-state index in [1.165, 1.54) is 0 Å². The van der Waals surface area contributed by atoms with Gasteiger partial charge in [0.05, 0.1) is 0 Å². The molecule has 12 heavy (non-hydrogen) atoms. The predicted molar refractivity (Wildman–Crippen MR) is 60.3 cm³/mol. The number of aliphatic hydroxyl groups excluding tert-OH is 2. The molecule has 0 saturated heterocycles. The first-order valence-corrected chi connectivity index (χ1v) is 4.79. The molecule has 0 bridgehead atoms. The van der Waals surface area contributed by atoms with E-state index in [1.54, 1.807) is 0 Å². The molecule has 0 amide bonds. The number of hydrogen-bond donors (Lipinski definition) is 2. The highest BCUT2D eigenvalue weighted by atomic mass is 32.1. The summed E-state index contributed by atoms with van der Waals surface area (Å²) in [5.41, 5.74) is 0. The zero-order chi connectivity index (χ0) is 9.98. The normalized spacial score (nSPS) is 8.17. The van der Waals surface area contributed by atoms with Gasteiger partial charge in [-0.05, 0) is 37.3 Å². The molecular weight excluding hydrogens is 192 g/mol. The fourth-order valence-corrected chi connectivity index (χ4v) is 0.836. The van der Waals surface area contributed by atoms with E-state index in [0.717, 1.165) is 12.8 Å². The molecule has 0 fully saturated rings. The van der Waals surface area contributed by atoms with Crippen molar-refractivity contribution in [3.63, 3.8) is 0 Å². The van der Waals surface area contributed by atoms with Crippen molar-refractivity contribution in [2.75, 3.05) is 0 Å². The van der Waals surface area contributed by atoms with Gasteiger partial charge in [0.15, 0.2) is 10.1 Å². The van der Waals surface area contributed by atoms with Crippen LogP contribution in [0.5, 0.6) is 0 Å². The van der Waals surface area contributed by atoms with E-state index in [4.69, 9.17) is 10.2 Å². The molecule has 0 spiro atoms. The third-order valence-electron chi connectivity index (χ3n) is 0.928. The summed E-state index contributed by atoms with van der Waals surface area (Å²) in [6.07, 6.45) is 3.20. The van der Waals surface area contributed by atoms with Crippen LogP contribution < -0.4 is 0 Å². The molecule has 72 valence electrons. The monoisotopic (exact) mass is 208 g/mol. The maximum Gasteiger partial charge on any atom is 0.156 e. The summed E-state index contributed by atoms with van der Waals surface area (Å²) < 4.78 is 0. The molecule has 0 rings (SSSR count). The molecular formula is C8H16O2S2. The standard InChI is InChI=1S/2C4H8OS/c2*1-2-3-4(5)6/h2*2-3H2,1H3,(H,5,6). The molecule has 0 radical (unpaired) electrons. The average Bonchev–Trinajstić information content (AvgIpc) is 1.87. The summed E-state index contributed by atoms with van der Waals surface area (Å²) in [7, 11) is 0. The molecule has 0 saturated carbocycles. The van der Waals surface area contributed by atoms with Gasteiger partial charge in [0.1, 0.15) is 0 Å². The topological polar surface area (TPSA) is 40.5 Å². The van der Waals surface area contributed by atoms with Gasteiger partial charge in [-0.25, -0.2) is 0 Å². The molecule has 0 unspecified atom stereocenters. The Hall–Kier alpha value is -0.220. The first-order chi connectivity index (χ1) is 5.54. The van der Waals surface area contributed by atoms with Gasteiger partial charge in [0, 0.05) is 12.8 Å². The zero-order valence-corrected chi connectivity index (χ0v) is 9.17. The molecule has 0 heterocycles. The number of thiocarbonyl (C=S) groups is 2. The van der Waals surface area contributed by atoms with Gasteiger partial charge in [0.2, 0.25) is 0 Å². The van der Waals surface area contributed by atoms with Gasteiger partial charge in [-0.2, -0.15) is 0 Å². The Bertz CT molecular complexity index is 119. The molecule has 0 aliphatic heterocycles. The second kappa shape index (κ2) is 10.8. The minimum atomic E-state index is 0.123. The molecule has 2 N–H and O–H groups in total. The summed E-state index contributed by atoms with van der Waals surface area (Å²) in [6, 6.07) is 0. The van der Waals surface area contributed by atoms with Crippen LogP contribution in [-0.2, 0) is 0 Å². The number of rotatable bonds is 4. The summed E-state index contributed by atoms with van der Waals surface area (Å²) in [4.78, 5) is 0. The van der Waals surface area contributed by atoms with Crippen molar-refractivity contribution in [1.29, 1.82) is 0 Å². The molecule has 0 aromatic rings. The molecule has 0 aromatic carbocycles. The van der Waals surface area contributed by atoms with Crippen LogP contribution in [0.25, 0.3) is 0 Å². The predicted octanol–water partition coefficient (Wildman–Crippen LogP) is 3.34. The lowest BCUT2D eigenvalue weighted by molar-refractivity contribution is 0.546. The van der Waals surface area contributed by atoms with Crippen LogP contribution >= 0.6 is 24.4 Å². The van der Waals surface area contributed by atoms with Crippen molar-refractivity contribution in [3.05, 3.63) is 0 Å². The average molecular weight is 208 g/mol. The molecule has 0 atom stereocenters. The lowest BCUT2D eigenvalue weighted by Gasteiger charge is -1.84. The van der Waals surface area contributed by atoms with Crippen LogP contribution in [0, 0.1) is 0 Å². The van der Waals surface area contributed by atoms with E-state index >= 15 is 0 Å². The Labute approximate surface area is 84.6 Å². The van der Waals surface area contributed by atoms with E-state index < -0.39 is 0 Å². The minimum absolute atomic E-state index is 0.123. The smallest absolute Gasteiger partial charge is 0.156 e. The maximum absolute atomic E-state index is 8.28. The zero-order valence-electron chi connectivity index (χ0n) is 7.54. The summed E-state index contributed by atoms with van der Waals surface area (Å²) in [5.74, 6) is 0. The lowest BCUT2D eigenvalue weighted by atomic mass is 10.4. The van der Waals surface area contributed by atoms with Gasteiger partial charge in [-0.1, -0.05) is 13.8 Å². The Balaban J connectivity index is 0. The Morgan fingerprint density at radius 3 is 1.17 bits per heavy atom. The molecule has 0 aliphatic carbocycles. The SMILES string of the molecule is CCCC(O)=S.CCCC(O)=S. The second-order valence-electron chi connectivity index (χ2n) is 2.29. The van der Waals surface area contributed by atoms with E-state index in [9.17, 15) is 0 Å². The third-order valence-corrected chi connectivity index (χ3v) is 1.34. The fraction of sp³-hybridized carbons (Fsp3) is 0.750. The Morgan fingerprint density at radius 2 is 1.17 bits per heavy atom. The Morgan fingerprint density at radius 1 is 0.917 bits per heavy atom. The van der Waals surface area contributed by atoms with Gasteiger partial charge >= 0.3 is 0 Å². The van der Waals surface area contributed by atoms with Crippen molar-refractivity contribution in [2.45, 2.75) is 39.5 Å². The van der Waals surface area contributed by atoms with Crippen molar-refractivity contribution in [1.82, 2.24) is 0 Å². The van der Waals surface area contributed by atoms with E-state index in [1.807, 2.05) is 13.8 Å². The molecule has 4 heteroatoms. The van der Waals surface area contributed by atoms with Crippen molar-refractivity contribution in [3.8, 4) is 0 Å².